The molecule has 5 rings (SSSR count). The van der Waals surface area contributed by atoms with Gasteiger partial charge in [0.15, 0.2) is 0 Å². The molecule has 0 spiro atoms. The van der Waals surface area contributed by atoms with Gasteiger partial charge in [0, 0.05) is 22.1 Å². The van der Waals surface area contributed by atoms with E-state index in [9.17, 15) is 5.11 Å². The third-order valence-electron chi connectivity index (χ3n) is 4.97. The van der Waals surface area contributed by atoms with E-state index in [0.29, 0.717) is 11.4 Å². The fourth-order valence-corrected chi connectivity index (χ4v) is 3.46. The smallest absolute Gasteiger partial charge is 0.276 e. The molecule has 0 saturated carbocycles. The highest BCUT2D eigenvalue weighted by Crippen LogP contribution is 2.20. The van der Waals surface area contributed by atoms with Crippen molar-refractivity contribution in [3.8, 4) is 0 Å². The molecule has 0 aliphatic heterocycles. The number of rotatable bonds is 3. The Kier molecular flexibility index (Phi) is 4.91. The van der Waals surface area contributed by atoms with Crippen LogP contribution in [0.4, 0.5) is 0 Å². The van der Waals surface area contributed by atoms with E-state index in [1.165, 1.54) is 0 Å². The summed E-state index contributed by atoms with van der Waals surface area (Å²) in [6.45, 7) is 0. The van der Waals surface area contributed by atoms with Crippen LogP contribution >= 0.6 is 0 Å². The van der Waals surface area contributed by atoms with Gasteiger partial charge >= 0.3 is 0 Å². The lowest BCUT2D eigenvalue weighted by molar-refractivity contribution is -0.710. The van der Waals surface area contributed by atoms with Gasteiger partial charge in [-0.3, -0.25) is 0 Å². The van der Waals surface area contributed by atoms with Crippen LogP contribution in [0.1, 0.15) is 11.1 Å². The molecule has 0 atom stereocenters. The highest BCUT2D eigenvalue weighted by Gasteiger charge is 2.17. The first-order valence-corrected chi connectivity index (χ1v) is 9.95. The van der Waals surface area contributed by atoms with E-state index in [2.05, 4.69) is 4.99 Å². The van der Waals surface area contributed by atoms with E-state index < -0.39 is 0 Å². The average molecular weight is 402 g/mol. The zero-order chi connectivity index (χ0) is 21.0. The lowest BCUT2D eigenvalue weighted by atomic mass is 10.1. The van der Waals surface area contributed by atoms with Crippen molar-refractivity contribution in [1.82, 2.24) is 5.10 Å². The summed E-state index contributed by atoms with van der Waals surface area (Å²) >= 11 is 0. The SMILES string of the molecule is [O-]C(=N/C(=N\[n+]1nc2ccccc2c2ccccc21)c1ccccc1)c1ccccc1. The quantitative estimate of drug-likeness (QED) is 0.200. The van der Waals surface area contributed by atoms with Gasteiger partial charge in [-0.25, -0.2) is 4.99 Å². The first kappa shape index (κ1) is 18.6. The summed E-state index contributed by atoms with van der Waals surface area (Å²) in [5, 5.41) is 24.3. The molecule has 0 aliphatic carbocycles. The van der Waals surface area contributed by atoms with Crippen molar-refractivity contribution in [2.45, 2.75) is 0 Å². The molecule has 0 fully saturated rings. The Morgan fingerprint density at radius 3 is 1.97 bits per heavy atom. The van der Waals surface area contributed by atoms with Crippen molar-refractivity contribution in [3.63, 3.8) is 0 Å². The number of benzene rings is 4. The standard InChI is InChI=1S/C26H18N4O/c31-26(20-13-5-2-6-14-20)27-25(19-11-3-1-4-12-19)29-30-24-18-10-8-16-22(24)21-15-7-9-17-23(21)28-30/h1-18H. The van der Waals surface area contributed by atoms with Crippen LogP contribution < -0.4 is 9.90 Å². The van der Waals surface area contributed by atoms with E-state index in [-0.39, 0.29) is 5.90 Å². The van der Waals surface area contributed by atoms with Gasteiger partial charge in [0.2, 0.25) is 5.84 Å². The van der Waals surface area contributed by atoms with Crippen LogP contribution in [0.3, 0.4) is 0 Å². The van der Waals surface area contributed by atoms with Crippen molar-refractivity contribution in [2.24, 2.45) is 10.1 Å². The summed E-state index contributed by atoms with van der Waals surface area (Å²) in [7, 11) is 0. The van der Waals surface area contributed by atoms with E-state index in [4.69, 9.17) is 10.2 Å². The molecule has 0 radical (unpaired) electrons. The minimum absolute atomic E-state index is 0.299. The predicted molar refractivity (Wildman–Crippen MR) is 121 cm³/mol. The Hall–Kier alpha value is -4.38. The molecule has 5 nitrogen and oxygen atoms in total. The largest absolute Gasteiger partial charge is 0.858 e. The topological polar surface area (TPSA) is 64.6 Å². The fourth-order valence-electron chi connectivity index (χ4n) is 3.46. The van der Waals surface area contributed by atoms with Gasteiger partial charge in [-0.05, 0) is 23.6 Å². The summed E-state index contributed by atoms with van der Waals surface area (Å²) in [4.78, 5) is 5.91. The average Bonchev–Trinajstić information content (AvgIpc) is 2.85. The van der Waals surface area contributed by atoms with Crippen LogP contribution in [0.15, 0.2) is 119 Å². The summed E-state index contributed by atoms with van der Waals surface area (Å²) in [5.41, 5.74) is 2.88. The number of aromatic nitrogens is 2. The maximum atomic E-state index is 12.8. The van der Waals surface area contributed by atoms with Crippen molar-refractivity contribution in [1.29, 1.82) is 0 Å². The molecule has 0 unspecified atom stereocenters. The predicted octanol–water partition coefficient (Wildman–Crippen LogP) is 3.69. The molecule has 1 aromatic heterocycles. The molecule has 0 N–H and O–H groups in total. The number of hydrogen-bond donors (Lipinski definition) is 0. The Bertz CT molecular complexity index is 1430. The van der Waals surface area contributed by atoms with Crippen molar-refractivity contribution in [2.75, 3.05) is 0 Å². The monoisotopic (exact) mass is 402 g/mol. The molecule has 0 amide bonds. The Morgan fingerprint density at radius 2 is 1.23 bits per heavy atom. The van der Waals surface area contributed by atoms with Crippen LogP contribution in [0.25, 0.3) is 21.8 Å². The van der Waals surface area contributed by atoms with E-state index in [1.54, 1.807) is 16.9 Å². The fraction of sp³-hybridized carbons (Fsp3) is 0. The van der Waals surface area contributed by atoms with Gasteiger partial charge in [0.25, 0.3) is 5.52 Å². The van der Waals surface area contributed by atoms with Crippen molar-refractivity contribution < 1.29 is 9.90 Å². The Morgan fingerprint density at radius 1 is 0.645 bits per heavy atom. The van der Waals surface area contributed by atoms with Gasteiger partial charge in [-0.1, -0.05) is 91.0 Å². The molecular weight excluding hydrogens is 384 g/mol. The van der Waals surface area contributed by atoms with E-state index >= 15 is 0 Å². The normalized spacial score (nSPS) is 12.4. The number of amidine groups is 1. The number of nitrogens with zero attached hydrogens (tertiary/aromatic N) is 4. The summed E-state index contributed by atoms with van der Waals surface area (Å²) in [6, 6.07) is 34.3. The Labute approximate surface area is 179 Å². The number of para-hydroxylation sites is 1. The first-order chi connectivity index (χ1) is 15.3. The zero-order valence-corrected chi connectivity index (χ0v) is 16.6. The first-order valence-electron chi connectivity index (χ1n) is 9.95. The third kappa shape index (κ3) is 3.76. The lowest BCUT2D eigenvalue weighted by Crippen LogP contribution is -2.35. The second kappa shape index (κ2) is 8.16. The van der Waals surface area contributed by atoms with E-state index in [1.807, 2.05) is 97.1 Å². The van der Waals surface area contributed by atoms with Crippen molar-refractivity contribution in [3.05, 3.63) is 120 Å². The molecule has 5 heteroatoms. The highest BCUT2D eigenvalue weighted by atomic mass is 16.3. The number of aliphatic imine (C=N–C) groups is 1. The van der Waals surface area contributed by atoms with Crippen LogP contribution in [-0.2, 0) is 0 Å². The molecule has 0 bridgehead atoms. The molecule has 0 aliphatic rings. The van der Waals surface area contributed by atoms with Crippen LogP contribution in [0.2, 0.25) is 0 Å². The van der Waals surface area contributed by atoms with E-state index in [0.717, 1.165) is 27.4 Å². The van der Waals surface area contributed by atoms with Gasteiger partial charge in [0.05, 0.1) is 15.3 Å². The molecule has 31 heavy (non-hydrogen) atoms. The van der Waals surface area contributed by atoms with Crippen LogP contribution in [0, 0.1) is 0 Å². The maximum absolute atomic E-state index is 12.8. The number of fused-ring (bicyclic) bond motifs is 3. The molecule has 148 valence electrons. The molecule has 0 saturated heterocycles. The maximum Gasteiger partial charge on any atom is 0.276 e. The lowest BCUT2D eigenvalue weighted by Gasteiger charge is -2.10. The minimum atomic E-state index is -0.353. The summed E-state index contributed by atoms with van der Waals surface area (Å²) < 4.78 is 0. The number of hydrogen-bond acceptors (Lipinski definition) is 3. The molecule has 1 heterocycles. The molecule has 5 aromatic rings. The summed E-state index contributed by atoms with van der Waals surface area (Å²) in [6.07, 6.45) is 0. The third-order valence-corrected chi connectivity index (χ3v) is 4.97. The van der Waals surface area contributed by atoms with Gasteiger partial charge in [-0.15, -0.1) is 0 Å². The van der Waals surface area contributed by atoms with Gasteiger partial charge in [0.1, 0.15) is 5.52 Å². The minimum Gasteiger partial charge on any atom is -0.858 e. The van der Waals surface area contributed by atoms with Crippen LogP contribution in [-0.4, -0.2) is 16.8 Å². The zero-order valence-electron chi connectivity index (χ0n) is 16.6. The Balaban J connectivity index is 1.75. The second-order valence-electron chi connectivity index (χ2n) is 7.00. The highest BCUT2D eigenvalue weighted by molar-refractivity contribution is 6.08. The summed E-state index contributed by atoms with van der Waals surface area (Å²) in [5.74, 6) is -0.0544. The van der Waals surface area contributed by atoms with Crippen LogP contribution in [0.5, 0.6) is 0 Å². The molecular formula is C26H18N4O. The van der Waals surface area contributed by atoms with Crippen molar-refractivity contribution >= 4 is 33.5 Å². The second-order valence-corrected chi connectivity index (χ2v) is 7.00. The van der Waals surface area contributed by atoms with Gasteiger partial charge < -0.3 is 5.11 Å². The molecule has 4 aromatic carbocycles. The van der Waals surface area contributed by atoms with Gasteiger partial charge in [-0.2, -0.15) is 0 Å².